The zero-order valence-corrected chi connectivity index (χ0v) is 9.76. The molecule has 0 aromatic carbocycles. The van der Waals surface area contributed by atoms with E-state index in [0.29, 0.717) is 0 Å². The van der Waals surface area contributed by atoms with Gasteiger partial charge >= 0.3 is 4.45 Å². The Labute approximate surface area is 95.2 Å². The van der Waals surface area contributed by atoms with Crippen LogP contribution in [0.3, 0.4) is 0 Å². The Morgan fingerprint density at radius 2 is 2.00 bits per heavy atom. The van der Waals surface area contributed by atoms with Crippen molar-refractivity contribution in [3.05, 3.63) is 44.2 Å². The molecular weight excluding hydrogens is 324 g/mol. The fourth-order valence-electron chi connectivity index (χ4n) is 0.965. The van der Waals surface area contributed by atoms with Crippen LogP contribution in [-0.2, 0) is 0 Å². The first kappa shape index (κ1) is 11.3. The fourth-order valence-corrected chi connectivity index (χ4v) is 1.99. The summed E-state index contributed by atoms with van der Waals surface area (Å²) in [6.07, 6.45) is 3.76. The molecule has 0 radical (unpaired) electrons. The molecule has 0 aliphatic heterocycles. The molecule has 0 fully saturated rings. The summed E-state index contributed by atoms with van der Waals surface area (Å²) in [5, 5.41) is 21.2. The predicted molar refractivity (Wildman–Crippen MR) is 55.6 cm³/mol. The highest BCUT2D eigenvalue weighted by molar-refractivity contribution is 9.12. The maximum Gasteiger partial charge on any atom is 0.315 e. The predicted octanol–water partition coefficient (Wildman–Crippen LogP) is 1.85. The average molecular weight is 328 g/mol. The topological polar surface area (TPSA) is 86.3 Å². The molecule has 0 amide bonds. The minimum absolute atomic E-state index is 0.249. The molecule has 0 bridgehead atoms. The van der Waals surface area contributed by atoms with Crippen LogP contribution in [0.1, 0.15) is 0 Å². The van der Waals surface area contributed by atoms with E-state index in [1.165, 1.54) is 18.2 Å². The summed E-state index contributed by atoms with van der Waals surface area (Å²) >= 11 is 5.78. The molecule has 0 N–H and O–H groups in total. The summed E-state index contributed by atoms with van der Waals surface area (Å²) in [7, 11) is 0. The average Bonchev–Trinajstić information content (AvgIpc) is 2.09. The molecule has 0 spiro atoms. The first-order chi connectivity index (χ1) is 6.39. The van der Waals surface area contributed by atoms with E-state index in [2.05, 4.69) is 31.9 Å². The lowest BCUT2D eigenvalue weighted by Crippen LogP contribution is -2.42. The van der Waals surface area contributed by atoms with E-state index in [1.54, 1.807) is 0 Å². The van der Waals surface area contributed by atoms with Crippen molar-refractivity contribution in [1.82, 2.24) is 0 Å². The number of nitro groups is 2. The minimum atomic E-state index is -1.65. The Balaban J connectivity index is 3.11. The van der Waals surface area contributed by atoms with Crippen molar-refractivity contribution >= 4 is 31.9 Å². The fraction of sp³-hybridized carbons (Fsp3) is 0.333. The molecule has 0 saturated carbocycles. The maximum absolute atomic E-state index is 10.7. The minimum Gasteiger partial charge on any atom is -0.263 e. The van der Waals surface area contributed by atoms with E-state index in [9.17, 15) is 20.2 Å². The molecule has 0 aromatic rings. The SMILES string of the molecule is O=[N+]([O-])C1=CC=CC(Br)([N+](=O)[O-])C1Br. The third-order valence-corrected chi connectivity index (χ3v) is 4.50. The first-order valence-corrected chi connectivity index (χ1v) is 5.11. The third kappa shape index (κ3) is 1.71. The van der Waals surface area contributed by atoms with E-state index in [0.717, 1.165) is 0 Å². The Morgan fingerprint density at radius 3 is 2.43 bits per heavy atom. The van der Waals surface area contributed by atoms with Gasteiger partial charge in [0.05, 0.1) is 4.92 Å². The lowest BCUT2D eigenvalue weighted by molar-refractivity contribution is -0.527. The van der Waals surface area contributed by atoms with Gasteiger partial charge in [-0.2, -0.15) is 0 Å². The highest BCUT2D eigenvalue weighted by Gasteiger charge is 2.52. The second-order valence-corrected chi connectivity index (χ2v) is 4.74. The second kappa shape index (κ2) is 3.77. The standard InChI is InChI=1S/C6H4Br2N2O4/c7-5-4(9(11)12)2-1-3-6(5,8)10(13)14/h1-3,5H. The van der Waals surface area contributed by atoms with Crippen molar-refractivity contribution in [2.75, 3.05) is 0 Å². The first-order valence-electron chi connectivity index (χ1n) is 3.41. The van der Waals surface area contributed by atoms with Crippen molar-refractivity contribution in [3.63, 3.8) is 0 Å². The Bertz CT molecular complexity index is 354. The lowest BCUT2D eigenvalue weighted by atomic mass is 10.1. The maximum atomic E-state index is 10.7. The molecule has 1 aliphatic rings. The van der Waals surface area contributed by atoms with Gasteiger partial charge in [-0.25, -0.2) is 0 Å². The van der Waals surface area contributed by atoms with Gasteiger partial charge in [0, 0.05) is 33.0 Å². The van der Waals surface area contributed by atoms with Gasteiger partial charge in [-0.15, -0.1) is 0 Å². The van der Waals surface area contributed by atoms with Crippen molar-refractivity contribution < 1.29 is 9.85 Å². The van der Waals surface area contributed by atoms with Gasteiger partial charge in [0.2, 0.25) is 0 Å². The number of nitrogens with zero attached hydrogens (tertiary/aromatic N) is 2. The molecule has 2 unspecified atom stereocenters. The van der Waals surface area contributed by atoms with Gasteiger partial charge in [0.25, 0.3) is 5.70 Å². The van der Waals surface area contributed by atoms with Crippen molar-refractivity contribution in [3.8, 4) is 0 Å². The van der Waals surface area contributed by atoms with E-state index < -0.39 is 19.1 Å². The van der Waals surface area contributed by atoms with Crippen LogP contribution in [0.4, 0.5) is 0 Å². The smallest absolute Gasteiger partial charge is 0.263 e. The Hall–Kier alpha value is -0.760. The van der Waals surface area contributed by atoms with Crippen LogP contribution in [0.5, 0.6) is 0 Å². The number of rotatable bonds is 2. The number of hydrogen-bond donors (Lipinski definition) is 0. The number of halogens is 2. The van der Waals surface area contributed by atoms with Gasteiger partial charge in [0.15, 0.2) is 4.83 Å². The molecule has 6 nitrogen and oxygen atoms in total. The van der Waals surface area contributed by atoms with Gasteiger partial charge in [-0.3, -0.25) is 20.2 Å². The molecule has 0 saturated heterocycles. The molecule has 8 heteroatoms. The number of allylic oxidation sites excluding steroid dienone is 2. The number of hydrogen-bond acceptors (Lipinski definition) is 4. The molecule has 1 aliphatic carbocycles. The summed E-state index contributed by atoms with van der Waals surface area (Å²) in [5.41, 5.74) is -0.249. The summed E-state index contributed by atoms with van der Waals surface area (Å²) in [6, 6.07) is 0. The van der Waals surface area contributed by atoms with Crippen molar-refractivity contribution in [2.45, 2.75) is 9.28 Å². The van der Waals surface area contributed by atoms with Gasteiger partial charge < -0.3 is 0 Å². The van der Waals surface area contributed by atoms with Crippen LogP contribution in [0.15, 0.2) is 23.9 Å². The molecule has 14 heavy (non-hydrogen) atoms. The monoisotopic (exact) mass is 326 g/mol. The lowest BCUT2D eigenvalue weighted by Gasteiger charge is -2.20. The van der Waals surface area contributed by atoms with Crippen LogP contribution < -0.4 is 0 Å². The molecule has 1 rings (SSSR count). The van der Waals surface area contributed by atoms with Gasteiger partial charge in [-0.05, 0) is 0 Å². The summed E-state index contributed by atoms with van der Waals surface area (Å²) < 4.78 is -1.65. The van der Waals surface area contributed by atoms with E-state index >= 15 is 0 Å². The molecule has 2 atom stereocenters. The molecular formula is C6H4Br2N2O4. The van der Waals surface area contributed by atoms with Crippen LogP contribution in [0.2, 0.25) is 0 Å². The number of alkyl halides is 2. The second-order valence-electron chi connectivity index (χ2n) is 2.56. The van der Waals surface area contributed by atoms with Crippen LogP contribution in [-0.4, -0.2) is 19.1 Å². The van der Waals surface area contributed by atoms with Crippen molar-refractivity contribution in [1.29, 1.82) is 0 Å². The largest absolute Gasteiger partial charge is 0.315 e. The summed E-state index contributed by atoms with van der Waals surface area (Å²) in [4.78, 5) is 18.9. The van der Waals surface area contributed by atoms with E-state index in [4.69, 9.17) is 0 Å². The highest BCUT2D eigenvalue weighted by Crippen LogP contribution is 2.37. The van der Waals surface area contributed by atoms with Crippen molar-refractivity contribution in [2.24, 2.45) is 0 Å². The van der Waals surface area contributed by atoms with Crippen LogP contribution in [0.25, 0.3) is 0 Å². The summed E-state index contributed by atoms with van der Waals surface area (Å²) in [5.74, 6) is 0. The molecule has 76 valence electrons. The van der Waals surface area contributed by atoms with Crippen LogP contribution in [0, 0.1) is 20.2 Å². The third-order valence-electron chi connectivity index (χ3n) is 1.70. The van der Waals surface area contributed by atoms with Gasteiger partial charge in [-0.1, -0.05) is 22.0 Å². The van der Waals surface area contributed by atoms with Gasteiger partial charge in [0.1, 0.15) is 0 Å². The Morgan fingerprint density at radius 1 is 1.43 bits per heavy atom. The highest BCUT2D eigenvalue weighted by atomic mass is 79.9. The van der Waals surface area contributed by atoms with E-state index in [-0.39, 0.29) is 5.70 Å². The Kier molecular flexibility index (Phi) is 3.05. The van der Waals surface area contributed by atoms with E-state index in [1.807, 2.05) is 0 Å². The summed E-state index contributed by atoms with van der Waals surface area (Å²) in [6.45, 7) is 0. The molecule has 0 heterocycles. The zero-order valence-electron chi connectivity index (χ0n) is 6.59. The quantitative estimate of drug-likeness (QED) is 0.335. The zero-order chi connectivity index (χ0) is 10.9. The molecule has 0 aromatic heterocycles. The van der Waals surface area contributed by atoms with Crippen LogP contribution >= 0.6 is 31.9 Å². The normalized spacial score (nSPS) is 31.0.